The van der Waals surface area contributed by atoms with Crippen molar-refractivity contribution in [3.8, 4) is 11.4 Å². The maximum atomic E-state index is 12.3. The van der Waals surface area contributed by atoms with Gasteiger partial charge in [0.15, 0.2) is 6.61 Å². The predicted molar refractivity (Wildman–Crippen MR) is 86.8 cm³/mol. The normalized spacial score (nSPS) is 11.9. The van der Waals surface area contributed by atoms with Crippen LogP contribution >= 0.6 is 0 Å². The van der Waals surface area contributed by atoms with Crippen molar-refractivity contribution in [3.05, 3.63) is 66.3 Å². The molecule has 1 aromatic carbocycles. The summed E-state index contributed by atoms with van der Waals surface area (Å²) >= 11 is 0. The summed E-state index contributed by atoms with van der Waals surface area (Å²) < 4.78 is 10.5. The molecule has 1 atom stereocenters. The molecule has 2 aromatic heterocycles. The molecule has 0 aliphatic heterocycles. The average Bonchev–Trinajstić information content (AvgIpc) is 3.11. The topological polar surface area (TPSA) is 78.1 Å². The molecule has 0 aliphatic rings. The van der Waals surface area contributed by atoms with Crippen LogP contribution in [0.25, 0.3) is 11.4 Å². The van der Waals surface area contributed by atoms with Crippen LogP contribution in [0.2, 0.25) is 0 Å². The highest BCUT2D eigenvalue weighted by molar-refractivity contribution is 5.78. The van der Waals surface area contributed by atoms with Gasteiger partial charge in [0.2, 0.25) is 5.82 Å². The lowest BCUT2D eigenvalue weighted by atomic mass is 9.97. The lowest BCUT2D eigenvalue weighted by molar-refractivity contribution is -0.147. The van der Waals surface area contributed by atoms with E-state index >= 15 is 0 Å². The first kappa shape index (κ1) is 15.9. The smallest absolute Gasteiger partial charge is 0.313 e. The number of esters is 1. The number of aromatic nitrogens is 3. The Morgan fingerprint density at radius 1 is 1.21 bits per heavy atom. The molecule has 0 fully saturated rings. The monoisotopic (exact) mass is 323 g/mol. The molecule has 122 valence electrons. The maximum absolute atomic E-state index is 12.3. The van der Waals surface area contributed by atoms with Gasteiger partial charge in [-0.2, -0.15) is 4.98 Å². The Balaban J connectivity index is 1.63. The number of benzene rings is 1. The molecule has 0 saturated carbocycles. The third-order valence-electron chi connectivity index (χ3n) is 3.62. The molecule has 3 rings (SSSR count). The summed E-state index contributed by atoms with van der Waals surface area (Å²) in [6, 6.07) is 13.2. The summed E-state index contributed by atoms with van der Waals surface area (Å²) in [6.07, 6.45) is 3.97. The van der Waals surface area contributed by atoms with Gasteiger partial charge in [-0.3, -0.25) is 9.78 Å². The van der Waals surface area contributed by atoms with E-state index in [4.69, 9.17) is 9.26 Å². The van der Waals surface area contributed by atoms with Crippen LogP contribution in [0.3, 0.4) is 0 Å². The third kappa shape index (κ3) is 3.65. The number of carbonyl (C=O) groups excluding carboxylic acids is 1. The van der Waals surface area contributed by atoms with E-state index in [1.54, 1.807) is 18.5 Å². The van der Waals surface area contributed by atoms with Gasteiger partial charge in [-0.05, 0) is 24.1 Å². The Morgan fingerprint density at radius 2 is 2.04 bits per heavy atom. The van der Waals surface area contributed by atoms with E-state index in [1.807, 2.05) is 43.3 Å². The second kappa shape index (κ2) is 7.50. The molecule has 2 heterocycles. The molecular formula is C18H17N3O3. The summed E-state index contributed by atoms with van der Waals surface area (Å²) in [6.45, 7) is 1.90. The zero-order valence-corrected chi connectivity index (χ0v) is 13.3. The SMILES string of the molecule is CCC(C(=O)OCc1nc(-c2cccnc2)no1)c1ccccc1. The van der Waals surface area contributed by atoms with E-state index in [-0.39, 0.29) is 24.4 Å². The zero-order chi connectivity index (χ0) is 16.8. The van der Waals surface area contributed by atoms with Crippen molar-refractivity contribution >= 4 is 5.97 Å². The number of nitrogens with zero attached hydrogens (tertiary/aromatic N) is 3. The third-order valence-corrected chi connectivity index (χ3v) is 3.62. The molecule has 0 saturated heterocycles. The molecule has 3 aromatic rings. The summed E-state index contributed by atoms with van der Waals surface area (Å²) in [4.78, 5) is 20.5. The first-order valence-electron chi connectivity index (χ1n) is 7.72. The Kier molecular flexibility index (Phi) is 4.96. The lowest BCUT2D eigenvalue weighted by Gasteiger charge is -2.13. The molecule has 6 heteroatoms. The van der Waals surface area contributed by atoms with Gasteiger partial charge < -0.3 is 9.26 Å². The average molecular weight is 323 g/mol. The molecule has 0 N–H and O–H groups in total. The van der Waals surface area contributed by atoms with Gasteiger partial charge >= 0.3 is 5.97 Å². The predicted octanol–water partition coefficient (Wildman–Crippen LogP) is 3.37. The molecule has 24 heavy (non-hydrogen) atoms. The van der Waals surface area contributed by atoms with Crippen LogP contribution in [-0.4, -0.2) is 21.1 Å². The van der Waals surface area contributed by atoms with Crippen LogP contribution in [0.15, 0.2) is 59.4 Å². The van der Waals surface area contributed by atoms with Gasteiger partial charge in [0.1, 0.15) is 0 Å². The minimum atomic E-state index is -0.301. The van der Waals surface area contributed by atoms with E-state index < -0.39 is 0 Å². The number of carbonyl (C=O) groups is 1. The van der Waals surface area contributed by atoms with Gasteiger partial charge in [0.25, 0.3) is 5.89 Å². The minimum Gasteiger partial charge on any atom is -0.455 e. The number of hydrogen-bond acceptors (Lipinski definition) is 6. The lowest BCUT2D eigenvalue weighted by Crippen LogP contribution is -2.15. The van der Waals surface area contributed by atoms with Crippen molar-refractivity contribution in [2.45, 2.75) is 25.9 Å². The summed E-state index contributed by atoms with van der Waals surface area (Å²) in [7, 11) is 0. The molecule has 0 amide bonds. The number of rotatable bonds is 6. The van der Waals surface area contributed by atoms with E-state index in [2.05, 4.69) is 15.1 Å². The van der Waals surface area contributed by atoms with Crippen LogP contribution in [0.5, 0.6) is 0 Å². The standard InChI is InChI=1S/C18H17N3O3/c1-2-15(13-7-4-3-5-8-13)18(22)23-12-16-20-17(21-24-16)14-9-6-10-19-11-14/h3-11,15H,2,12H2,1H3. The molecule has 6 nitrogen and oxygen atoms in total. The van der Waals surface area contributed by atoms with Gasteiger partial charge in [-0.15, -0.1) is 0 Å². The Morgan fingerprint density at radius 3 is 2.75 bits per heavy atom. The van der Waals surface area contributed by atoms with Crippen LogP contribution < -0.4 is 0 Å². The van der Waals surface area contributed by atoms with Crippen LogP contribution in [0.4, 0.5) is 0 Å². The summed E-state index contributed by atoms with van der Waals surface area (Å²) in [5.41, 5.74) is 1.68. The van der Waals surface area contributed by atoms with Crippen molar-refractivity contribution in [3.63, 3.8) is 0 Å². The highest BCUT2D eigenvalue weighted by Gasteiger charge is 2.21. The number of ether oxygens (including phenoxy) is 1. The van der Waals surface area contributed by atoms with Crippen molar-refractivity contribution in [1.29, 1.82) is 0 Å². The molecular weight excluding hydrogens is 306 g/mol. The Labute approximate surface area is 139 Å². The van der Waals surface area contributed by atoms with Gasteiger partial charge in [-0.1, -0.05) is 42.4 Å². The fraction of sp³-hybridized carbons (Fsp3) is 0.222. The number of hydrogen-bond donors (Lipinski definition) is 0. The van der Waals surface area contributed by atoms with Crippen molar-refractivity contribution in [2.24, 2.45) is 0 Å². The van der Waals surface area contributed by atoms with Gasteiger partial charge in [-0.25, -0.2) is 0 Å². The molecule has 0 spiro atoms. The largest absolute Gasteiger partial charge is 0.455 e. The Hall–Kier alpha value is -3.02. The van der Waals surface area contributed by atoms with Gasteiger partial charge in [0, 0.05) is 18.0 Å². The highest BCUT2D eigenvalue weighted by atomic mass is 16.6. The first-order valence-corrected chi connectivity index (χ1v) is 7.72. The van der Waals surface area contributed by atoms with E-state index in [0.29, 0.717) is 12.2 Å². The van der Waals surface area contributed by atoms with Crippen LogP contribution in [-0.2, 0) is 16.1 Å². The van der Waals surface area contributed by atoms with Gasteiger partial charge in [0.05, 0.1) is 5.92 Å². The first-order chi connectivity index (χ1) is 11.8. The second-order valence-corrected chi connectivity index (χ2v) is 5.23. The molecule has 0 aliphatic carbocycles. The molecule has 0 bridgehead atoms. The minimum absolute atomic E-state index is 0.0462. The Bertz CT molecular complexity index is 788. The quantitative estimate of drug-likeness (QED) is 0.647. The maximum Gasteiger partial charge on any atom is 0.313 e. The van der Waals surface area contributed by atoms with E-state index in [9.17, 15) is 4.79 Å². The van der Waals surface area contributed by atoms with Crippen molar-refractivity contribution in [1.82, 2.24) is 15.1 Å². The van der Waals surface area contributed by atoms with Crippen molar-refractivity contribution in [2.75, 3.05) is 0 Å². The zero-order valence-electron chi connectivity index (χ0n) is 13.3. The summed E-state index contributed by atoms with van der Waals surface area (Å²) in [5, 5.41) is 3.87. The summed E-state index contributed by atoms with van der Waals surface area (Å²) in [5.74, 6) is 0.0751. The molecule has 0 radical (unpaired) electrons. The molecule has 1 unspecified atom stereocenters. The number of pyridine rings is 1. The highest BCUT2D eigenvalue weighted by Crippen LogP contribution is 2.21. The van der Waals surface area contributed by atoms with Crippen LogP contribution in [0, 0.1) is 0 Å². The fourth-order valence-electron chi connectivity index (χ4n) is 2.38. The van der Waals surface area contributed by atoms with E-state index in [0.717, 1.165) is 11.1 Å². The van der Waals surface area contributed by atoms with E-state index in [1.165, 1.54) is 0 Å². The second-order valence-electron chi connectivity index (χ2n) is 5.23. The van der Waals surface area contributed by atoms with Crippen molar-refractivity contribution < 1.29 is 14.1 Å². The van der Waals surface area contributed by atoms with Crippen LogP contribution in [0.1, 0.15) is 30.7 Å². The fourth-order valence-corrected chi connectivity index (χ4v) is 2.38.